The normalized spacial score (nSPS) is 15.5. The van der Waals surface area contributed by atoms with Gasteiger partial charge in [-0.1, -0.05) is 205 Å². The largest absolute Gasteiger partial charge is 0.497 e. The molecule has 4 heterocycles. The average Bonchev–Trinajstić information content (AvgIpc) is 4.18. The number of amides is 2. The van der Waals surface area contributed by atoms with E-state index < -0.39 is 40.3 Å². The lowest BCUT2D eigenvalue weighted by molar-refractivity contribution is -0.153. The second-order valence-corrected chi connectivity index (χ2v) is 20.4. The van der Waals surface area contributed by atoms with Crippen LogP contribution in [0.1, 0.15) is 50.4 Å². The molecule has 2 amide bonds. The minimum atomic E-state index is -1.39. The second-order valence-electron chi connectivity index (χ2n) is 18.4. The molecule has 0 unspecified atom stereocenters. The first kappa shape index (κ1) is 51.6. The molecule has 0 aliphatic carbocycles. The van der Waals surface area contributed by atoms with Crippen molar-refractivity contribution >= 4 is 57.8 Å². The first-order chi connectivity index (χ1) is 38.7. The highest BCUT2D eigenvalue weighted by Crippen LogP contribution is 2.44. The molecular formula is C63H50N6O8S2. The maximum atomic E-state index is 15.4. The number of carbonyl (C=O) groups excluding carboxylic acids is 3. The predicted molar refractivity (Wildman–Crippen MR) is 304 cm³/mol. The Kier molecular flexibility index (Phi) is 15.0. The first-order valence-corrected chi connectivity index (χ1v) is 27.1. The fourth-order valence-electron chi connectivity index (χ4n) is 9.83. The summed E-state index contributed by atoms with van der Waals surface area (Å²) in [5.41, 5.74) is 3.82. The molecule has 7 aromatic carbocycles. The zero-order chi connectivity index (χ0) is 54.2. The Balaban J connectivity index is 0.980. The number of hydrogen-bond acceptors (Lipinski definition) is 14. The Morgan fingerprint density at radius 3 is 1.75 bits per heavy atom. The van der Waals surface area contributed by atoms with Gasteiger partial charge in [0.25, 0.3) is 17.7 Å². The average molecular weight is 1080 g/mol. The van der Waals surface area contributed by atoms with Gasteiger partial charge in [-0.3, -0.25) is 14.5 Å². The van der Waals surface area contributed by atoms with Crippen molar-refractivity contribution in [2.24, 2.45) is 5.16 Å². The van der Waals surface area contributed by atoms with Gasteiger partial charge in [0.15, 0.2) is 16.6 Å². The zero-order valence-corrected chi connectivity index (χ0v) is 44.1. The Morgan fingerprint density at radius 1 is 0.734 bits per heavy atom. The lowest BCUT2D eigenvalue weighted by Gasteiger charge is -2.49. The molecule has 0 saturated carbocycles. The van der Waals surface area contributed by atoms with Crippen LogP contribution < -0.4 is 15.4 Å². The van der Waals surface area contributed by atoms with E-state index in [1.54, 1.807) is 42.8 Å². The van der Waals surface area contributed by atoms with E-state index in [2.05, 4.69) is 52.2 Å². The molecule has 9 aromatic rings. The Bertz CT molecular complexity index is 3480. The fourth-order valence-corrected chi connectivity index (χ4v) is 11.9. The Hall–Kier alpha value is -9.51. The molecule has 1 fully saturated rings. The molecule has 0 spiro atoms. The van der Waals surface area contributed by atoms with E-state index in [4.69, 9.17) is 29.0 Å². The van der Waals surface area contributed by atoms with Crippen LogP contribution in [0.2, 0.25) is 0 Å². The number of aromatic hydroxyl groups is 1. The summed E-state index contributed by atoms with van der Waals surface area (Å²) in [5, 5.41) is 26.5. The minimum Gasteiger partial charge on any atom is -0.497 e. The molecule has 1 saturated heterocycles. The highest BCUT2D eigenvalue weighted by Gasteiger charge is 2.55. The van der Waals surface area contributed by atoms with Gasteiger partial charge in [-0.25, -0.2) is 9.78 Å². The topological polar surface area (TPSA) is 178 Å². The molecule has 79 heavy (non-hydrogen) atoms. The van der Waals surface area contributed by atoms with Crippen LogP contribution in [-0.2, 0) is 41.7 Å². The van der Waals surface area contributed by atoms with E-state index in [1.165, 1.54) is 40.1 Å². The number of hydrogen-bond donors (Lipinski definition) is 3. The number of nitrogens with one attached hydrogen (secondary N) is 2. The molecule has 0 bridgehead atoms. The molecule has 2 aromatic heterocycles. The van der Waals surface area contributed by atoms with Crippen LogP contribution in [0, 0.1) is 0 Å². The van der Waals surface area contributed by atoms with Crippen molar-refractivity contribution in [2.75, 3.05) is 18.2 Å². The van der Waals surface area contributed by atoms with Gasteiger partial charge in [-0.2, -0.15) is 0 Å². The second kappa shape index (κ2) is 23.0. The third kappa shape index (κ3) is 10.4. The molecule has 2 atom stereocenters. The van der Waals surface area contributed by atoms with Gasteiger partial charge >= 0.3 is 5.97 Å². The van der Waals surface area contributed by atoms with Crippen molar-refractivity contribution < 1.29 is 38.3 Å². The van der Waals surface area contributed by atoms with Crippen molar-refractivity contribution in [3.8, 4) is 11.6 Å². The van der Waals surface area contributed by atoms with Crippen molar-refractivity contribution in [3.63, 3.8) is 0 Å². The van der Waals surface area contributed by atoms with Gasteiger partial charge in [-0.15, -0.1) is 23.1 Å². The minimum absolute atomic E-state index is 0.00251. The number of rotatable bonds is 19. The quantitative estimate of drug-likeness (QED) is 0.0230. The molecule has 11 rings (SSSR count). The van der Waals surface area contributed by atoms with Gasteiger partial charge in [0, 0.05) is 33.9 Å². The van der Waals surface area contributed by atoms with Crippen LogP contribution >= 0.6 is 23.1 Å². The SMILES string of the molecule is COc1ccc(COC(=O)C2=C(/C=C\c3cc(O)no3)CS[C@@H]3[C@H](NC(=O)/C(=N\OC(c4ccccc4)(c4ccccc4)c4ccccc4)c4csc(NC(c5ccccc5)(c5ccccc5)c5ccccc5)n4)C(=O)N23)cc1. The number of anilines is 1. The standard InChI is InChI=1S/C63H50N6O8S2/c1-74-50-35-32-42(33-36-50)39-75-60(73)56-43(34-37-51-38-53(70)67-76-51)40-78-59-55(58(72)69(56)59)65-57(71)54(68-77-63(47-26-14-5-15-27-47,48-28-16-6-17-29-48)49-30-18-7-19-31-49)52-41-79-61(64-52)66-62(44-20-8-2-9-21-44,45-22-10-3-11-23-45)46-24-12-4-13-25-46/h2-38,41,55,59H,39-40H2,1H3,(H,64,66)(H,65,71)(H,67,70)/b37-34-,68-54-/t55-,59-/m1/s1. The lowest BCUT2D eigenvalue weighted by atomic mass is 9.77. The van der Waals surface area contributed by atoms with E-state index in [0.717, 1.165) is 33.4 Å². The number of nitrogens with zero attached hydrogens (tertiary/aromatic N) is 4. The number of thioether (sulfide) groups is 1. The summed E-state index contributed by atoms with van der Waals surface area (Å²) >= 11 is 2.63. The number of aromatic nitrogens is 2. The summed E-state index contributed by atoms with van der Waals surface area (Å²) in [6, 6.07) is 66.5. The predicted octanol–water partition coefficient (Wildman–Crippen LogP) is 11.1. The zero-order valence-electron chi connectivity index (χ0n) is 42.4. The van der Waals surface area contributed by atoms with Crippen LogP contribution in [0.4, 0.5) is 5.13 Å². The van der Waals surface area contributed by atoms with E-state index in [-0.39, 0.29) is 41.1 Å². The third-order valence-electron chi connectivity index (χ3n) is 13.7. The van der Waals surface area contributed by atoms with Crippen LogP contribution in [-0.4, -0.2) is 67.9 Å². The van der Waals surface area contributed by atoms with Crippen molar-refractivity contribution in [3.05, 3.63) is 285 Å². The third-order valence-corrected chi connectivity index (χ3v) is 15.7. The van der Waals surface area contributed by atoms with Crippen LogP contribution in [0.5, 0.6) is 11.6 Å². The Morgan fingerprint density at radius 2 is 1.25 bits per heavy atom. The van der Waals surface area contributed by atoms with E-state index >= 15 is 4.79 Å². The van der Waals surface area contributed by atoms with Crippen molar-refractivity contribution in [2.45, 2.75) is 29.2 Å². The van der Waals surface area contributed by atoms with Crippen LogP contribution in [0.3, 0.4) is 0 Å². The summed E-state index contributed by atoms with van der Waals surface area (Å²) in [6.45, 7) is -0.0940. The highest BCUT2D eigenvalue weighted by atomic mass is 32.2. The molecule has 392 valence electrons. The smallest absolute Gasteiger partial charge is 0.355 e. The molecular weight excluding hydrogens is 1030 g/mol. The Labute approximate surface area is 463 Å². The number of esters is 1. The van der Waals surface area contributed by atoms with E-state index in [9.17, 15) is 14.7 Å². The number of oxime groups is 1. The molecule has 3 N–H and O–H groups in total. The van der Waals surface area contributed by atoms with Gasteiger partial charge in [0.2, 0.25) is 5.60 Å². The summed E-state index contributed by atoms with van der Waals surface area (Å²) in [5.74, 6) is -1.28. The van der Waals surface area contributed by atoms with Crippen LogP contribution in [0.25, 0.3) is 6.08 Å². The summed E-state index contributed by atoms with van der Waals surface area (Å²) in [7, 11) is 1.56. The number of methoxy groups -OCH3 is 1. The van der Waals surface area contributed by atoms with Gasteiger partial charge in [-0.05, 0) is 51.2 Å². The van der Waals surface area contributed by atoms with Gasteiger partial charge in [0.05, 0.1) is 7.11 Å². The van der Waals surface area contributed by atoms with E-state index in [0.29, 0.717) is 22.0 Å². The number of thiazole rings is 1. The van der Waals surface area contributed by atoms with E-state index in [1.807, 2.05) is 146 Å². The molecule has 16 heteroatoms. The number of β-lactam (4-membered cyclic amide) rings is 1. The van der Waals surface area contributed by atoms with Gasteiger partial charge < -0.3 is 34.6 Å². The van der Waals surface area contributed by atoms with Crippen molar-refractivity contribution in [1.29, 1.82) is 0 Å². The summed E-state index contributed by atoms with van der Waals surface area (Å²) in [6.07, 6.45) is 3.15. The summed E-state index contributed by atoms with van der Waals surface area (Å²) < 4.78 is 16.3. The fraction of sp³-hybridized carbons (Fsp3) is 0.111. The van der Waals surface area contributed by atoms with Crippen LogP contribution in [0.15, 0.2) is 245 Å². The first-order valence-electron chi connectivity index (χ1n) is 25.2. The number of allylic oxidation sites excluding steroid dienone is 1. The molecule has 2 aliphatic rings. The molecule has 2 aliphatic heterocycles. The molecule has 0 radical (unpaired) electrons. The maximum Gasteiger partial charge on any atom is 0.355 e. The number of ether oxygens (including phenoxy) is 2. The highest BCUT2D eigenvalue weighted by molar-refractivity contribution is 8.00. The number of benzene rings is 7. The number of carbonyl (C=O) groups is 3. The number of fused-ring (bicyclic) bond motifs is 1. The van der Waals surface area contributed by atoms with Gasteiger partial charge in [0.1, 0.15) is 40.7 Å². The monoisotopic (exact) mass is 1080 g/mol. The maximum absolute atomic E-state index is 15.4. The van der Waals surface area contributed by atoms with Crippen molar-refractivity contribution in [1.82, 2.24) is 20.4 Å². The lowest BCUT2D eigenvalue weighted by Crippen LogP contribution is -2.71. The summed E-state index contributed by atoms with van der Waals surface area (Å²) in [4.78, 5) is 57.7. The molecule has 14 nitrogen and oxygen atoms in total.